The van der Waals surface area contributed by atoms with Gasteiger partial charge in [-0.05, 0) is 43.4 Å². The summed E-state index contributed by atoms with van der Waals surface area (Å²) in [4.78, 5) is 41.3. The van der Waals surface area contributed by atoms with Gasteiger partial charge in [0.15, 0.2) is 11.3 Å². The average Bonchev–Trinajstić information content (AvgIpc) is 3.26. The van der Waals surface area contributed by atoms with Gasteiger partial charge in [-0.1, -0.05) is 74.5 Å². The highest BCUT2D eigenvalue weighted by molar-refractivity contribution is 6.13. The van der Waals surface area contributed by atoms with E-state index in [1.807, 2.05) is 80.6 Å². The molecule has 0 spiro atoms. The SMILES string of the molecule is Cc1cc(C(=O)CN2C(=O)NC(c3ccccc3)(c3ccccc3)C2=O)c(C)n1CCC(C)C. The molecule has 0 atom stereocenters. The van der Waals surface area contributed by atoms with Crippen molar-refractivity contribution in [1.82, 2.24) is 14.8 Å². The van der Waals surface area contributed by atoms with Gasteiger partial charge in [-0.2, -0.15) is 0 Å². The van der Waals surface area contributed by atoms with Gasteiger partial charge in [-0.25, -0.2) is 4.79 Å². The molecule has 0 bridgehead atoms. The normalized spacial score (nSPS) is 15.1. The van der Waals surface area contributed by atoms with E-state index in [9.17, 15) is 14.4 Å². The van der Waals surface area contributed by atoms with E-state index in [1.54, 1.807) is 0 Å². The molecular formula is C28H31N3O3. The van der Waals surface area contributed by atoms with Crippen molar-refractivity contribution >= 4 is 17.7 Å². The topological polar surface area (TPSA) is 71.4 Å². The second-order valence-electron chi connectivity index (χ2n) is 9.35. The number of aromatic nitrogens is 1. The van der Waals surface area contributed by atoms with E-state index < -0.39 is 17.5 Å². The standard InChI is InChI=1S/C28H31N3O3/c1-19(2)15-16-30-20(3)17-24(21(30)4)25(32)18-31-26(33)28(29-27(31)34,22-11-7-5-8-12-22)23-13-9-6-10-14-23/h5-14,17,19H,15-16,18H2,1-4H3,(H,29,34). The van der Waals surface area contributed by atoms with Crippen molar-refractivity contribution in [2.45, 2.75) is 46.2 Å². The van der Waals surface area contributed by atoms with Gasteiger partial charge >= 0.3 is 6.03 Å². The van der Waals surface area contributed by atoms with Crippen LogP contribution < -0.4 is 5.32 Å². The lowest BCUT2D eigenvalue weighted by atomic mass is 9.82. The van der Waals surface area contributed by atoms with Crippen molar-refractivity contribution in [3.8, 4) is 0 Å². The highest BCUT2D eigenvalue weighted by Crippen LogP contribution is 2.36. The van der Waals surface area contributed by atoms with Crippen LogP contribution in [0, 0.1) is 19.8 Å². The third-order valence-corrected chi connectivity index (χ3v) is 6.62. The molecule has 1 N–H and O–H groups in total. The number of nitrogens with one attached hydrogen (secondary N) is 1. The van der Waals surface area contributed by atoms with Crippen LogP contribution in [0.25, 0.3) is 0 Å². The summed E-state index contributed by atoms with van der Waals surface area (Å²) in [5, 5.41) is 2.90. The summed E-state index contributed by atoms with van der Waals surface area (Å²) < 4.78 is 2.14. The Morgan fingerprint density at radius 2 is 1.50 bits per heavy atom. The minimum atomic E-state index is -1.37. The van der Waals surface area contributed by atoms with Gasteiger partial charge in [0, 0.05) is 23.5 Å². The van der Waals surface area contributed by atoms with E-state index in [0.717, 1.165) is 29.3 Å². The first-order chi connectivity index (χ1) is 16.3. The monoisotopic (exact) mass is 457 g/mol. The highest BCUT2D eigenvalue weighted by atomic mass is 16.2. The number of benzene rings is 2. The number of hydrogen-bond donors (Lipinski definition) is 1. The van der Waals surface area contributed by atoms with Crippen LogP contribution in [0.2, 0.25) is 0 Å². The highest BCUT2D eigenvalue weighted by Gasteiger charge is 2.54. The van der Waals surface area contributed by atoms with E-state index >= 15 is 0 Å². The fourth-order valence-electron chi connectivity index (χ4n) is 4.70. The number of rotatable bonds is 8. The molecule has 1 aliphatic rings. The number of amides is 3. The molecule has 0 aliphatic carbocycles. The summed E-state index contributed by atoms with van der Waals surface area (Å²) in [5.74, 6) is -0.142. The molecule has 6 nitrogen and oxygen atoms in total. The van der Waals surface area contributed by atoms with Crippen molar-refractivity contribution in [3.63, 3.8) is 0 Å². The minimum absolute atomic E-state index is 0.246. The molecular weight excluding hydrogens is 426 g/mol. The van der Waals surface area contributed by atoms with Gasteiger partial charge in [0.25, 0.3) is 5.91 Å². The third kappa shape index (κ3) is 4.04. The second kappa shape index (κ2) is 9.29. The van der Waals surface area contributed by atoms with Crippen LogP contribution in [0.4, 0.5) is 4.79 Å². The molecule has 3 amide bonds. The lowest BCUT2D eigenvalue weighted by Crippen LogP contribution is -2.45. The number of hydrogen-bond acceptors (Lipinski definition) is 3. The number of nitrogens with zero attached hydrogens (tertiary/aromatic N) is 2. The molecule has 1 aliphatic heterocycles. The van der Waals surface area contributed by atoms with Crippen LogP contribution in [0.1, 0.15) is 53.1 Å². The number of ketones is 1. The van der Waals surface area contributed by atoms with Gasteiger partial charge in [0.1, 0.15) is 0 Å². The van der Waals surface area contributed by atoms with Crippen LogP contribution in [0.5, 0.6) is 0 Å². The third-order valence-electron chi connectivity index (χ3n) is 6.62. The van der Waals surface area contributed by atoms with Crippen LogP contribution in [0.3, 0.4) is 0 Å². The number of carbonyl (C=O) groups is 3. The molecule has 6 heteroatoms. The van der Waals surface area contributed by atoms with Gasteiger partial charge in [-0.15, -0.1) is 0 Å². The molecule has 1 aromatic heterocycles. The summed E-state index contributed by atoms with van der Waals surface area (Å²) in [7, 11) is 0. The van der Waals surface area contributed by atoms with Gasteiger partial charge in [-0.3, -0.25) is 14.5 Å². The number of carbonyl (C=O) groups excluding carboxylic acids is 3. The summed E-state index contributed by atoms with van der Waals surface area (Å²) in [6, 6.07) is 19.6. The Morgan fingerprint density at radius 3 is 2.03 bits per heavy atom. The second-order valence-corrected chi connectivity index (χ2v) is 9.35. The number of aryl methyl sites for hydroxylation is 1. The molecule has 1 fully saturated rings. The summed E-state index contributed by atoms with van der Waals surface area (Å²) in [5.41, 5.74) is 2.37. The zero-order valence-electron chi connectivity index (χ0n) is 20.2. The van der Waals surface area contributed by atoms with Crippen LogP contribution in [-0.4, -0.2) is 33.7 Å². The number of urea groups is 1. The maximum atomic E-state index is 13.8. The van der Waals surface area contributed by atoms with Crippen LogP contribution in [0.15, 0.2) is 66.7 Å². The Hall–Kier alpha value is -3.67. The van der Waals surface area contributed by atoms with E-state index in [4.69, 9.17) is 0 Å². The average molecular weight is 458 g/mol. The maximum Gasteiger partial charge on any atom is 0.325 e. The zero-order chi connectivity index (χ0) is 24.5. The van der Waals surface area contributed by atoms with Crippen molar-refractivity contribution < 1.29 is 14.4 Å². The first kappa shape index (κ1) is 23.5. The maximum absolute atomic E-state index is 13.8. The zero-order valence-corrected chi connectivity index (χ0v) is 20.2. The Morgan fingerprint density at radius 1 is 0.941 bits per heavy atom. The van der Waals surface area contributed by atoms with Crippen LogP contribution in [-0.2, 0) is 16.9 Å². The first-order valence-corrected chi connectivity index (χ1v) is 11.7. The van der Waals surface area contributed by atoms with E-state index in [-0.39, 0.29) is 12.3 Å². The van der Waals surface area contributed by atoms with Crippen molar-refractivity contribution in [1.29, 1.82) is 0 Å². The smallest absolute Gasteiger partial charge is 0.325 e. The predicted octanol–water partition coefficient (Wildman–Crippen LogP) is 4.83. The number of imide groups is 1. The van der Waals surface area contributed by atoms with E-state index in [2.05, 4.69) is 23.7 Å². The van der Waals surface area contributed by atoms with Crippen molar-refractivity contribution in [2.75, 3.05) is 6.54 Å². The van der Waals surface area contributed by atoms with E-state index in [1.165, 1.54) is 0 Å². The molecule has 1 saturated heterocycles. The van der Waals surface area contributed by atoms with Crippen molar-refractivity contribution in [2.24, 2.45) is 5.92 Å². The van der Waals surface area contributed by atoms with E-state index in [0.29, 0.717) is 22.6 Å². The Kier molecular flexibility index (Phi) is 6.42. The molecule has 4 rings (SSSR count). The summed E-state index contributed by atoms with van der Waals surface area (Å²) in [6.07, 6.45) is 1.01. The summed E-state index contributed by atoms with van der Waals surface area (Å²) in [6.45, 7) is 8.77. The Labute approximate surface area is 200 Å². The van der Waals surface area contributed by atoms with Gasteiger partial charge in [0.2, 0.25) is 0 Å². The Balaban J connectivity index is 1.66. The van der Waals surface area contributed by atoms with Crippen LogP contribution >= 0.6 is 0 Å². The van der Waals surface area contributed by atoms with Gasteiger partial charge in [0.05, 0.1) is 6.54 Å². The number of Topliss-reactive ketones (excluding diaryl/α,β-unsaturated/α-hetero) is 1. The molecule has 0 unspecified atom stereocenters. The molecule has 34 heavy (non-hydrogen) atoms. The lowest BCUT2D eigenvalue weighted by Gasteiger charge is -2.28. The quantitative estimate of drug-likeness (QED) is 0.389. The fourth-order valence-corrected chi connectivity index (χ4v) is 4.70. The Bertz CT molecular complexity index is 1170. The lowest BCUT2D eigenvalue weighted by molar-refractivity contribution is -0.129. The van der Waals surface area contributed by atoms with Crippen molar-refractivity contribution in [3.05, 3.63) is 94.8 Å². The predicted molar refractivity (Wildman–Crippen MR) is 132 cm³/mol. The molecule has 0 saturated carbocycles. The molecule has 2 aromatic carbocycles. The molecule has 176 valence electrons. The van der Waals surface area contributed by atoms with Gasteiger partial charge < -0.3 is 9.88 Å². The minimum Gasteiger partial charge on any atom is -0.348 e. The first-order valence-electron chi connectivity index (χ1n) is 11.7. The fraction of sp³-hybridized carbons (Fsp3) is 0.321. The largest absolute Gasteiger partial charge is 0.348 e. The molecule has 2 heterocycles. The molecule has 3 aromatic rings. The summed E-state index contributed by atoms with van der Waals surface area (Å²) >= 11 is 0. The molecule has 0 radical (unpaired) electrons.